The van der Waals surface area contributed by atoms with E-state index in [0.717, 1.165) is 0 Å². The van der Waals surface area contributed by atoms with Gasteiger partial charge >= 0.3 is 12.1 Å². The second kappa shape index (κ2) is 7.63. The van der Waals surface area contributed by atoms with Gasteiger partial charge in [-0.05, 0) is 18.1 Å². The third kappa shape index (κ3) is 7.31. The predicted octanol–water partition coefficient (Wildman–Crippen LogP) is 2.22. The summed E-state index contributed by atoms with van der Waals surface area (Å²) in [5.74, 6) is -1.72. The zero-order valence-electron chi connectivity index (χ0n) is 10.9. The fourth-order valence-electron chi connectivity index (χ4n) is 1.55. The van der Waals surface area contributed by atoms with E-state index in [0.29, 0.717) is 11.3 Å². The summed E-state index contributed by atoms with van der Waals surface area (Å²) in [6.07, 6.45) is -4.40. The lowest BCUT2D eigenvalue weighted by Crippen LogP contribution is -2.24. The van der Waals surface area contributed by atoms with Crippen molar-refractivity contribution in [3.05, 3.63) is 29.8 Å². The van der Waals surface area contributed by atoms with Gasteiger partial charge in [-0.1, -0.05) is 18.2 Å². The number of carbonyl (C=O) groups is 2. The molecule has 0 saturated carbocycles. The lowest BCUT2D eigenvalue weighted by molar-refractivity contribution is -0.174. The first kappa shape index (κ1) is 17.0. The Labute approximate surface area is 118 Å². The maximum Gasteiger partial charge on any atom is 0.411 e. The van der Waals surface area contributed by atoms with E-state index >= 15 is 0 Å². The summed E-state index contributed by atoms with van der Waals surface area (Å²) in [6, 6.07) is 6.47. The first-order valence-corrected chi connectivity index (χ1v) is 6.02. The predicted molar refractivity (Wildman–Crippen MR) is 67.9 cm³/mol. The number of para-hydroxylation sites is 1. The smallest absolute Gasteiger partial charge is 0.411 e. The minimum absolute atomic E-state index is 0.114. The normalized spacial score (nSPS) is 11.2. The molecule has 0 fully saturated rings. The number of alkyl halides is 3. The zero-order valence-corrected chi connectivity index (χ0v) is 10.9. The minimum Gasteiger partial charge on any atom is -0.481 e. The van der Waals surface area contributed by atoms with Gasteiger partial charge in [-0.2, -0.15) is 13.2 Å². The molecular weight excluding hydrogens is 291 g/mol. The van der Waals surface area contributed by atoms with E-state index in [9.17, 15) is 22.8 Å². The van der Waals surface area contributed by atoms with Crippen molar-refractivity contribution < 1.29 is 32.6 Å². The summed E-state index contributed by atoms with van der Waals surface area (Å²) in [7, 11) is 0. The van der Waals surface area contributed by atoms with Crippen LogP contribution in [0.4, 0.5) is 18.9 Å². The van der Waals surface area contributed by atoms with Crippen LogP contribution in [0.3, 0.4) is 0 Å². The molecule has 1 aromatic rings. The van der Waals surface area contributed by atoms with E-state index in [1.165, 1.54) is 0 Å². The highest BCUT2D eigenvalue weighted by Crippen LogP contribution is 2.17. The second-order valence-corrected chi connectivity index (χ2v) is 4.21. The average molecular weight is 305 g/mol. The molecule has 0 saturated heterocycles. The van der Waals surface area contributed by atoms with Gasteiger partial charge in [-0.15, -0.1) is 0 Å². The first-order valence-electron chi connectivity index (χ1n) is 6.02. The van der Waals surface area contributed by atoms with Crippen molar-refractivity contribution in [2.45, 2.75) is 19.0 Å². The molecule has 5 nitrogen and oxygen atoms in total. The van der Waals surface area contributed by atoms with E-state index in [2.05, 4.69) is 10.1 Å². The van der Waals surface area contributed by atoms with Crippen molar-refractivity contribution in [3.8, 4) is 0 Å². The van der Waals surface area contributed by atoms with Crippen LogP contribution in [0.5, 0.6) is 0 Å². The molecule has 0 aromatic heterocycles. The molecule has 8 heteroatoms. The van der Waals surface area contributed by atoms with E-state index < -0.39 is 31.3 Å². The number of hydrogen-bond acceptors (Lipinski definition) is 3. The standard InChI is InChI=1S/C13H14F3NO4/c14-13(15,16)8-21-7-11(18)17-10-4-2-1-3-9(10)5-6-12(19)20/h1-4H,5-8H2,(H,17,18)(H,19,20). The molecule has 0 unspecified atom stereocenters. The van der Waals surface area contributed by atoms with Crippen molar-refractivity contribution in [3.63, 3.8) is 0 Å². The number of carbonyl (C=O) groups excluding carboxylic acids is 1. The second-order valence-electron chi connectivity index (χ2n) is 4.21. The number of aryl methyl sites for hydroxylation is 1. The molecule has 0 bridgehead atoms. The maximum atomic E-state index is 11.9. The fourth-order valence-corrected chi connectivity index (χ4v) is 1.55. The van der Waals surface area contributed by atoms with Gasteiger partial charge in [-0.3, -0.25) is 9.59 Å². The number of hydrogen-bond donors (Lipinski definition) is 2. The van der Waals surface area contributed by atoms with E-state index in [4.69, 9.17) is 5.11 Å². The third-order valence-corrected chi connectivity index (χ3v) is 2.40. The quantitative estimate of drug-likeness (QED) is 0.810. The van der Waals surface area contributed by atoms with Crippen LogP contribution in [-0.2, 0) is 20.7 Å². The van der Waals surface area contributed by atoms with Gasteiger partial charge in [0.05, 0.1) is 0 Å². The molecule has 0 heterocycles. The van der Waals surface area contributed by atoms with Crippen molar-refractivity contribution in [1.82, 2.24) is 0 Å². The molecule has 0 spiro atoms. The van der Waals surface area contributed by atoms with E-state index in [-0.39, 0.29) is 12.8 Å². The van der Waals surface area contributed by atoms with Gasteiger partial charge in [0.2, 0.25) is 5.91 Å². The molecule has 116 valence electrons. The number of halogens is 3. The first-order chi connectivity index (χ1) is 9.78. The number of benzene rings is 1. The Morgan fingerprint density at radius 2 is 1.90 bits per heavy atom. The van der Waals surface area contributed by atoms with Gasteiger partial charge in [0, 0.05) is 12.1 Å². The monoisotopic (exact) mass is 305 g/mol. The van der Waals surface area contributed by atoms with Gasteiger partial charge in [0.25, 0.3) is 0 Å². The van der Waals surface area contributed by atoms with Gasteiger partial charge < -0.3 is 15.2 Å². The molecule has 0 aliphatic heterocycles. The Morgan fingerprint density at radius 3 is 2.52 bits per heavy atom. The van der Waals surface area contributed by atoms with E-state index in [1.807, 2.05) is 0 Å². The number of ether oxygens (including phenoxy) is 1. The van der Waals surface area contributed by atoms with Gasteiger partial charge in [-0.25, -0.2) is 0 Å². The molecule has 0 radical (unpaired) electrons. The molecule has 2 N–H and O–H groups in total. The summed E-state index contributed by atoms with van der Waals surface area (Å²) < 4.78 is 39.8. The number of rotatable bonds is 7. The molecule has 1 amide bonds. The summed E-state index contributed by atoms with van der Waals surface area (Å²) in [6.45, 7) is -2.23. The van der Waals surface area contributed by atoms with Crippen LogP contribution >= 0.6 is 0 Å². The van der Waals surface area contributed by atoms with Crippen molar-refractivity contribution in [2.75, 3.05) is 18.5 Å². The van der Waals surface area contributed by atoms with Crippen LogP contribution in [-0.4, -0.2) is 36.4 Å². The molecule has 0 aliphatic rings. The van der Waals surface area contributed by atoms with Crippen molar-refractivity contribution >= 4 is 17.6 Å². The Hall–Kier alpha value is -2.09. The maximum absolute atomic E-state index is 11.9. The lowest BCUT2D eigenvalue weighted by Gasteiger charge is -2.11. The lowest BCUT2D eigenvalue weighted by atomic mass is 10.1. The van der Waals surface area contributed by atoms with Crippen LogP contribution in [0.2, 0.25) is 0 Å². The molecular formula is C13H14F3NO4. The molecule has 1 aromatic carbocycles. The van der Waals surface area contributed by atoms with Crippen LogP contribution in [0.1, 0.15) is 12.0 Å². The van der Waals surface area contributed by atoms with Gasteiger partial charge in [0.15, 0.2) is 0 Å². The highest BCUT2D eigenvalue weighted by atomic mass is 19.4. The minimum atomic E-state index is -4.49. The number of amides is 1. The Kier molecular flexibility index (Phi) is 6.16. The molecule has 0 aliphatic carbocycles. The van der Waals surface area contributed by atoms with Gasteiger partial charge in [0.1, 0.15) is 13.2 Å². The van der Waals surface area contributed by atoms with Crippen molar-refractivity contribution in [1.29, 1.82) is 0 Å². The van der Waals surface area contributed by atoms with Crippen LogP contribution in [0, 0.1) is 0 Å². The summed E-state index contributed by atoms with van der Waals surface area (Å²) in [5.41, 5.74) is 0.948. The van der Waals surface area contributed by atoms with Crippen LogP contribution < -0.4 is 5.32 Å². The third-order valence-electron chi connectivity index (χ3n) is 2.40. The average Bonchev–Trinajstić information content (AvgIpc) is 2.36. The van der Waals surface area contributed by atoms with Crippen molar-refractivity contribution in [2.24, 2.45) is 0 Å². The number of nitrogens with one attached hydrogen (secondary N) is 1. The zero-order chi connectivity index (χ0) is 15.9. The number of carboxylic acids is 1. The number of anilines is 1. The van der Waals surface area contributed by atoms with Crippen LogP contribution in [0.15, 0.2) is 24.3 Å². The molecule has 0 atom stereocenters. The highest BCUT2D eigenvalue weighted by molar-refractivity contribution is 5.92. The number of carboxylic acid groups (broad SMARTS) is 1. The van der Waals surface area contributed by atoms with Crippen LogP contribution in [0.25, 0.3) is 0 Å². The fraction of sp³-hybridized carbons (Fsp3) is 0.385. The topological polar surface area (TPSA) is 75.6 Å². The molecule has 1 rings (SSSR count). The summed E-state index contributed by atoms with van der Waals surface area (Å²) in [5, 5.41) is 11.0. The molecule has 21 heavy (non-hydrogen) atoms. The Morgan fingerprint density at radius 1 is 1.24 bits per heavy atom. The Bertz CT molecular complexity index is 502. The summed E-state index contributed by atoms with van der Waals surface area (Å²) >= 11 is 0. The summed E-state index contributed by atoms with van der Waals surface area (Å²) in [4.78, 5) is 22.0. The number of aliphatic carboxylic acids is 1. The highest BCUT2D eigenvalue weighted by Gasteiger charge is 2.27. The van der Waals surface area contributed by atoms with E-state index in [1.54, 1.807) is 24.3 Å². The largest absolute Gasteiger partial charge is 0.481 e. The SMILES string of the molecule is O=C(O)CCc1ccccc1NC(=O)COCC(F)(F)F. The Balaban J connectivity index is 2.53.